The second kappa shape index (κ2) is 5.16. The molecule has 2 aliphatic rings. The van der Waals surface area contributed by atoms with Crippen LogP contribution in [-0.2, 0) is 6.54 Å². The fourth-order valence-corrected chi connectivity index (χ4v) is 2.67. The number of likely N-dealkylation sites (tertiary alicyclic amines) is 1. The minimum Gasteiger partial charge on any atom is -0.486 e. The highest BCUT2D eigenvalue weighted by molar-refractivity contribution is 5.47. The van der Waals surface area contributed by atoms with Gasteiger partial charge in [0.15, 0.2) is 11.5 Å². The lowest BCUT2D eigenvalue weighted by atomic mass is 10.1. The van der Waals surface area contributed by atoms with E-state index < -0.39 is 0 Å². The van der Waals surface area contributed by atoms with Crippen molar-refractivity contribution in [3.05, 3.63) is 23.8 Å². The number of rotatable bonds is 2. The number of aliphatic hydroxyl groups excluding tert-OH is 1. The molecule has 0 radical (unpaired) electrons. The van der Waals surface area contributed by atoms with E-state index in [9.17, 15) is 5.11 Å². The molecule has 0 saturated carbocycles. The molecule has 0 bridgehead atoms. The van der Waals surface area contributed by atoms with Gasteiger partial charge in [-0.1, -0.05) is 12.1 Å². The molecule has 4 nitrogen and oxygen atoms in total. The van der Waals surface area contributed by atoms with Gasteiger partial charge in [0, 0.05) is 18.7 Å². The number of nitrogens with zero attached hydrogens (tertiary/aromatic N) is 1. The molecular weight excluding hydrogens is 230 g/mol. The molecule has 4 heteroatoms. The molecule has 0 spiro atoms. The van der Waals surface area contributed by atoms with E-state index in [0.717, 1.165) is 49.5 Å². The number of piperidine rings is 1. The Bertz CT molecular complexity index is 422. The summed E-state index contributed by atoms with van der Waals surface area (Å²) in [6.45, 7) is 3.86. The van der Waals surface area contributed by atoms with Crippen LogP contribution in [0.25, 0.3) is 0 Å². The minimum atomic E-state index is -0.185. The zero-order chi connectivity index (χ0) is 12.4. The summed E-state index contributed by atoms with van der Waals surface area (Å²) in [6.07, 6.45) is 1.80. The molecule has 1 N–H and O–H groups in total. The number of benzene rings is 1. The maximum absolute atomic E-state index is 9.70. The zero-order valence-electron chi connectivity index (χ0n) is 10.5. The van der Waals surface area contributed by atoms with E-state index in [2.05, 4.69) is 11.0 Å². The molecule has 3 rings (SSSR count). The predicted octanol–water partition coefficient (Wildman–Crippen LogP) is 1.41. The van der Waals surface area contributed by atoms with Gasteiger partial charge in [0.2, 0.25) is 0 Å². The fraction of sp³-hybridized carbons (Fsp3) is 0.571. The number of hydrogen-bond acceptors (Lipinski definition) is 4. The molecule has 2 aliphatic heterocycles. The Hall–Kier alpha value is -1.26. The van der Waals surface area contributed by atoms with Gasteiger partial charge in [-0.15, -0.1) is 0 Å². The Morgan fingerprint density at radius 1 is 1.28 bits per heavy atom. The third-order valence-corrected chi connectivity index (χ3v) is 3.52. The lowest BCUT2D eigenvalue weighted by Crippen LogP contribution is -2.37. The van der Waals surface area contributed by atoms with Crippen molar-refractivity contribution >= 4 is 0 Å². The summed E-state index contributed by atoms with van der Waals surface area (Å²) in [5.41, 5.74) is 1.15. The minimum absolute atomic E-state index is 0.185. The summed E-state index contributed by atoms with van der Waals surface area (Å²) < 4.78 is 11.3. The van der Waals surface area contributed by atoms with Crippen LogP contribution in [0.3, 0.4) is 0 Å². The van der Waals surface area contributed by atoms with Gasteiger partial charge in [0.25, 0.3) is 0 Å². The van der Waals surface area contributed by atoms with Crippen LogP contribution in [0.5, 0.6) is 11.5 Å². The van der Waals surface area contributed by atoms with E-state index in [1.54, 1.807) is 0 Å². The van der Waals surface area contributed by atoms with E-state index in [1.165, 1.54) is 0 Å². The number of para-hydroxylation sites is 1. The maximum Gasteiger partial charge on any atom is 0.165 e. The van der Waals surface area contributed by atoms with Crippen LogP contribution < -0.4 is 9.47 Å². The number of fused-ring (bicyclic) bond motifs is 1. The van der Waals surface area contributed by atoms with Crippen LogP contribution in [0.1, 0.15) is 18.4 Å². The van der Waals surface area contributed by atoms with Crippen molar-refractivity contribution in [2.75, 3.05) is 26.3 Å². The van der Waals surface area contributed by atoms with Crippen molar-refractivity contribution in [1.82, 2.24) is 4.90 Å². The van der Waals surface area contributed by atoms with Gasteiger partial charge in [0.05, 0.1) is 6.10 Å². The summed E-state index contributed by atoms with van der Waals surface area (Å²) in [5, 5.41) is 9.70. The average molecular weight is 249 g/mol. The monoisotopic (exact) mass is 249 g/mol. The van der Waals surface area contributed by atoms with E-state index in [1.807, 2.05) is 12.1 Å². The van der Waals surface area contributed by atoms with Crippen LogP contribution in [0, 0.1) is 0 Å². The molecule has 0 aromatic heterocycles. The van der Waals surface area contributed by atoms with Crippen molar-refractivity contribution in [3.8, 4) is 11.5 Å². The molecule has 1 unspecified atom stereocenters. The number of β-amino-alcohol motifs (C(OH)–C–C–N with tert-alkyl or cyclic N) is 1. The molecule has 0 amide bonds. The lowest BCUT2D eigenvalue weighted by Gasteiger charge is -2.31. The Labute approximate surface area is 107 Å². The third kappa shape index (κ3) is 2.44. The maximum atomic E-state index is 9.70. The summed E-state index contributed by atoms with van der Waals surface area (Å²) in [7, 11) is 0. The molecule has 1 aromatic carbocycles. The molecule has 2 heterocycles. The first-order valence-electron chi connectivity index (χ1n) is 6.61. The van der Waals surface area contributed by atoms with E-state index in [4.69, 9.17) is 9.47 Å². The third-order valence-electron chi connectivity index (χ3n) is 3.52. The molecule has 1 atom stereocenters. The summed E-state index contributed by atoms with van der Waals surface area (Å²) in [6, 6.07) is 6.03. The van der Waals surface area contributed by atoms with Gasteiger partial charge in [-0.25, -0.2) is 0 Å². The molecule has 98 valence electrons. The highest BCUT2D eigenvalue weighted by atomic mass is 16.6. The standard InChI is InChI=1S/C14H19NO3/c16-12-4-2-6-15(10-12)9-11-3-1-5-13-14(11)18-8-7-17-13/h1,3,5,12,16H,2,4,6-10H2. The van der Waals surface area contributed by atoms with Crippen LogP contribution in [0.2, 0.25) is 0 Å². The van der Waals surface area contributed by atoms with Crippen LogP contribution in [0.15, 0.2) is 18.2 Å². The van der Waals surface area contributed by atoms with E-state index in [-0.39, 0.29) is 6.10 Å². The van der Waals surface area contributed by atoms with Crippen LogP contribution in [-0.4, -0.2) is 42.4 Å². The zero-order valence-corrected chi connectivity index (χ0v) is 10.5. The first kappa shape index (κ1) is 11.8. The molecule has 0 aliphatic carbocycles. The SMILES string of the molecule is OC1CCCN(Cc2cccc3c2OCCO3)C1. The first-order chi connectivity index (χ1) is 8.83. The number of ether oxygens (including phenoxy) is 2. The van der Waals surface area contributed by atoms with Gasteiger partial charge in [-0.3, -0.25) is 4.90 Å². The number of aliphatic hydroxyl groups is 1. The second-order valence-corrected chi connectivity index (χ2v) is 4.97. The van der Waals surface area contributed by atoms with E-state index in [0.29, 0.717) is 13.2 Å². The smallest absolute Gasteiger partial charge is 0.165 e. The van der Waals surface area contributed by atoms with Crippen molar-refractivity contribution in [3.63, 3.8) is 0 Å². The Balaban J connectivity index is 1.76. The molecule has 1 aromatic rings. The van der Waals surface area contributed by atoms with Crippen LogP contribution >= 0.6 is 0 Å². The van der Waals surface area contributed by atoms with Gasteiger partial charge in [0.1, 0.15) is 13.2 Å². The number of hydrogen-bond donors (Lipinski definition) is 1. The normalized spacial score (nSPS) is 23.9. The summed E-state index contributed by atoms with van der Waals surface area (Å²) in [4.78, 5) is 2.28. The topological polar surface area (TPSA) is 41.9 Å². The van der Waals surface area contributed by atoms with E-state index >= 15 is 0 Å². The fourth-order valence-electron chi connectivity index (χ4n) is 2.67. The Morgan fingerprint density at radius 3 is 3.06 bits per heavy atom. The van der Waals surface area contributed by atoms with Crippen molar-refractivity contribution in [2.24, 2.45) is 0 Å². The van der Waals surface area contributed by atoms with Gasteiger partial charge in [-0.2, -0.15) is 0 Å². The lowest BCUT2D eigenvalue weighted by molar-refractivity contribution is 0.0657. The molecule has 18 heavy (non-hydrogen) atoms. The van der Waals surface area contributed by atoms with Gasteiger partial charge >= 0.3 is 0 Å². The highest BCUT2D eigenvalue weighted by Gasteiger charge is 2.21. The summed E-state index contributed by atoms with van der Waals surface area (Å²) in [5.74, 6) is 1.72. The van der Waals surface area contributed by atoms with Gasteiger partial charge < -0.3 is 14.6 Å². The predicted molar refractivity (Wildman–Crippen MR) is 67.9 cm³/mol. The second-order valence-electron chi connectivity index (χ2n) is 4.97. The van der Waals surface area contributed by atoms with Crippen LogP contribution in [0.4, 0.5) is 0 Å². The van der Waals surface area contributed by atoms with Gasteiger partial charge in [-0.05, 0) is 25.5 Å². The Kier molecular flexibility index (Phi) is 3.39. The largest absolute Gasteiger partial charge is 0.486 e. The van der Waals surface area contributed by atoms with Crippen molar-refractivity contribution in [1.29, 1.82) is 0 Å². The molecule has 1 saturated heterocycles. The molecule has 1 fully saturated rings. The molecular formula is C14H19NO3. The van der Waals surface area contributed by atoms with Crippen molar-refractivity contribution < 1.29 is 14.6 Å². The first-order valence-corrected chi connectivity index (χ1v) is 6.61. The van der Waals surface area contributed by atoms with Crippen molar-refractivity contribution in [2.45, 2.75) is 25.5 Å². The quantitative estimate of drug-likeness (QED) is 0.860. The Morgan fingerprint density at radius 2 is 2.17 bits per heavy atom. The average Bonchev–Trinajstić information content (AvgIpc) is 2.39. The summed E-state index contributed by atoms with van der Waals surface area (Å²) >= 11 is 0. The highest BCUT2D eigenvalue weighted by Crippen LogP contribution is 2.34.